The SMILES string of the molecule is CCN(CC)CCCNC(=O)c1ccc2c(c1)sc1nc(-c3ccc(-c4nc(C)no4)cc3)cn12. The molecule has 0 aliphatic carbocycles. The molecule has 0 unspecified atom stereocenters. The van der Waals surface area contributed by atoms with Crippen LogP contribution in [0, 0.1) is 6.92 Å². The van der Waals surface area contributed by atoms with Crippen LogP contribution < -0.4 is 5.32 Å². The summed E-state index contributed by atoms with van der Waals surface area (Å²) >= 11 is 1.58. The predicted octanol–water partition coefficient (Wildman–Crippen LogP) is 5.04. The maximum Gasteiger partial charge on any atom is 0.257 e. The molecule has 8 nitrogen and oxygen atoms in total. The Balaban J connectivity index is 1.29. The highest BCUT2D eigenvalue weighted by Gasteiger charge is 2.14. The van der Waals surface area contributed by atoms with E-state index < -0.39 is 0 Å². The van der Waals surface area contributed by atoms with Crippen LogP contribution >= 0.6 is 11.3 Å². The van der Waals surface area contributed by atoms with Gasteiger partial charge in [-0.2, -0.15) is 4.98 Å². The third-order valence-electron chi connectivity index (χ3n) is 6.14. The van der Waals surface area contributed by atoms with Crippen molar-refractivity contribution in [2.24, 2.45) is 0 Å². The summed E-state index contributed by atoms with van der Waals surface area (Å²) in [6, 6.07) is 13.8. The number of aryl methyl sites for hydroxylation is 1. The minimum absolute atomic E-state index is 0.0327. The zero-order valence-corrected chi connectivity index (χ0v) is 20.9. The van der Waals surface area contributed by atoms with Gasteiger partial charge in [0.2, 0.25) is 0 Å². The van der Waals surface area contributed by atoms with Crippen molar-refractivity contribution < 1.29 is 9.32 Å². The van der Waals surface area contributed by atoms with Gasteiger partial charge in [-0.15, -0.1) is 0 Å². The van der Waals surface area contributed by atoms with Crippen molar-refractivity contribution in [1.29, 1.82) is 0 Å². The number of carbonyl (C=O) groups is 1. The van der Waals surface area contributed by atoms with E-state index in [2.05, 4.69) is 38.6 Å². The van der Waals surface area contributed by atoms with E-state index >= 15 is 0 Å². The first-order valence-corrected chi connectivity index (χ1v) is 12.7. The number of nitrogens with one attached hydrogen (secondary N) is 1. The average Bonchev–Trinajstić information content (AvgIpc) is 3.58. The Labute approximate surface area is 207 Å². The number of benzene rings is 2. The zero-order valence-electron chi connectivity index (χ0n) is 20.1. The zero-order chi connectivity index (χ0) is 24.4. The molecular weight excluding hydrogens is 460 g/mol. The Bertz CT molecular complexity index is 1460. The fraction of sp³-hybridized carbons (Fsp3) is 0.308. The van der Waals surface area contributed by atoms with Crippen molar-refractivity contribution in [2.45, 2.75) is 27.2 Å². The van der Waals surface area contributed by atoms with E-state index in [1.165, 1.54) is 0 Å². The van der Waals surface area contributed by atoms with Crippen molar-refractivity contribution in [1.82, 2.24) is 29.7 Å². The first-order valence-electron chi connectivity index (χ1n) is 11.9. The maximum atomic E-state index is 12.6. The lowest BCUT2D eigenvalue weighted by molar-refractivity contribution is 0.0952. The molecule has 0 fully saturated rings. The predicted molar refractivity (Wildman–Crippen MR) is 139 cm³/mol. The van der Waals surface area contributed by atoms with Crippen LogP contribution in [0.1, 0.15) is 36.5 Å². The number of hydrogen-bond acceptors (Lipinski definition) is 7. The van der Waals surface area contributed by atoms with Gasteiger partial charge in [-0.05, 0) is 63.3 Å². The summed E-state index contributed by atoms with van der Waals surface area (Å²) in [6.07, 6.45) is 2.98. The Morgan fingerprint density at radius 3 is 2.57 bits per heavy atom. The van der Waals surface area contributed by atoms with Gasteiger partial charge in [0.25, 0.3) is 11.8 Å². The molecule has 5 aromatic rings. The quantitative estimate of drug-likeness (QED) is 0.293. The lowest BCUT2D eigenvalue weighted by Crippen LogP contribution is -2.29. The van der Waals surface area contributed by atoms with Gasteiger partial charge in [0.15, 0.2) is 10.8 Å². The second-order valence-electron chi connectivity index (χ2n) is 8.42. The van der Waals surface area contributed by atoms with E-state index in [9.17, 15) is 4.79 Å². The van der Waals surface area contributed by atoms with Crippen molar-refractivity contribution in [3.63, 3.8) is 0 Å². The Kier molecular flexibility index (Phi) is 6.61. The fourth-order valence-corrected chi connectivity index (χ4v) is 5.17. The smallest absolute Gasteiger partial charge is 0.257 e. The van der Waals surface area contributed by atoms with Gasteiger partial charge >= 0.3 is 0 Å². The molecule has 0 saturated heterocycles. The summed E-state index contributed by atoms with van der Waals surface area (Å²) in [7, 11) is 0. The van der Waals surface area contributed by atoms with Crippen LogP contribution in [0.15, 0.2) is 53.2 Å². The number of hydrogen-bond donors (Lipinski definition) is 1. The number of carbonyl (C=O) groups excluding carboxylic acids is 1. The molecule has 0 aliphatic heterocycles. The molecule has 9 heteroatoms. The number of aromatic nitrogens is 4. The molecule has 5 rings (SSSR count). The van der Waals surface area contributed by atoms with Crippen LogP contribution in [0.25, 0.3) is 37.9 Å². The molecule has 0 aliphatic rings. The second-order valence-corrected chi connectivity index (χ2v) is 9.43. The van der Waals surface area contributed by atoms with Gasteiger partial charge in [-0.25, -0.2) is 4.98 Å². The van der Waals surface area contributed by atoms with Crippen LogP contribution in [-0.2, 0) is 0 Å². The number of fused-ring (bicyclic) bond motifs is 3. The van der Waals surface area contributed by atoms with Gasteiger partial charge in [-0.3, -0.25) is 9.20 Å². The van der Waals surface area contributed by atoms with Crippen molar-refractivity contribution in [3.05, 3.63) is 60.0 Å². The maximum absolute atomic E-state index is 12.6. The number of nitrogens with zero attached hydrogens (tertiary/aromatic N) is 5. The highest BCUT2D eigenvalue weighted by atomic mass is 32.1. The topological polar surface area (TPSA) is 88.6 Å². The first kappa shape index (κ1) is 23.2. The summed E-state index contributed by atoms with van der Waals surface area (Å²) in [4.78, 5) is 25.0. The van der Waals surface area contributed by atoms with Gasteiger partial charge in [0.1, 0.15) is 0 Å². The Hall–Kier alpha value is -3.56. The van der Waals surface area contributed by atoms with Crippen LogP contribution in [0.3, 0.4) is 0 Å². The molecule has 3 heterocycles. The van der Waals surface area contributed by atoms with Crippen molar-refractivity contribution in [3.8, 4) is 22.7 Å². The number of imidazole rings is 1. The Morgan fingerprint density at radius 2 is 1.86 bits per heavy atom. The third kappa shape index (κ3) is 4.82. The van der Waals surface area contributed by atoms with Crippen LogP contribution in [0.5, 0.6) is 0 Å². The van der Waals surface area contributed by atoms with Gasteiger partial charge < -0.3 is 14.7 Å². The lowest BCUT2D eigenvalue weighted by atomic mass is 10.1. The summed E-state index contributed by atoms with van der Waals surface area (Å²) in [6.45, 7) is 9.86. The molecule has 0 saturated carbocycles. The van der Waals surface area contributed by atoms with E-state index in [4.69, 9.17) is 9.51 Å². The molecular formula is C26H28N6O2S. The molecule has 0 bridgehead atoms. The summed E-state index contributed by atoms with van der Waals surface area (Å²) < 4.78 is 8.36. The van der Waals surface area contributed by atoms with Crippen LogP contribution in [0.2, 0.25) is 0 Å². The van der Waals surface area contributed by atoms with E-state index in [1.807, 2.05) is 48.7 Å². The summed E-state index contributed by atoms with van der Waals surface area (Å²) in [5, 5.41) is 6.89. The van der Waals surface area contributed by atoms with Crippen LogP contribution in [0.4, 0.5) is 0 Å². The van der Waals surface area contributed by atoms with E-state index in [0.717, 1.165) is 58.1 Å². The highest BCUT2D eigenvalue weighted by molar-refractivity contribution is 7.23. The molecule has 1 amide bonds. The largest absolute Gasteiger partial charge is 0.352 e. The molecule has 1 N–H and O–H groups in total. The molecule has 180 valence electrons. The van der Waals surface area contributed by atoms with Gasteiger partial charge in [0, 0.05) is 29.4 Å². The molecule has 3 aromatic heterocycles. The van der Waals surface area contributed by atoms with Crippen LogP contribution in [-0.4, -0.2) is 56.5 Å². The standard InChI is InChI=1S/C26H28N6O2S/c1-4-31(5-2)14-6-13-27-24(33)20-11-12-22-23(15-20)35-26-29-21(16-32(22)26)18-7-9-19(10-8-18)25-28-17(3)30-34-25/h7-12,15-16H,4-6,13-14H2,1-3H3,(H,27,33). The lowest BCUT2D eigenvalue weighted by Gasteiger charge is -2.17. The molecule has 0 radical (unpaired) electrons. The number of thiazole rings is 1. The third-order valence-corrected chi connectivity index (χ3v) is 7.16. The summed E-state index contributed by atoms with van der Waals surface area (Å²) in [5.41, 5.74) is 4.49. The fourth-order valence-electron chi connectivity index (χ4n) is 4.13. The first-order chi connectivity index (χ1) is 17.1. The number of rotatable bonds is 9. The van der Waals surface area contributed by atoms with Crippen molar-refractivity contribution >= 4 is 32.4 Å². The van der Waals surface area contributed by atoms with Gasteiger partial charge in [-0.1, -0.05) is 42.5 Å². The normalized spacial score (nSPS) is 11.7. The molecule has 0 spiro atoms. The average molecular weight is 489 g/mol. The Morgan fingerprint density at radius 1 is 1.09 bits per heavy atom. The summed E-state index contributed by atoms with van der Waals surface area (Å²) in [5.74, 6) is 1.09. The molecule has 35 heavy (non-hydrogen) atoms. The van der Waals surface area contributed by atoms with E-state index in [0.29, 0.717) is 23.8 Å². The van der Waals surface area contributed by atoms with E-state index in [1.54, 1.807) is 18.3 Å². The minimum atomic E-state index is -0.0327. The minimum Gasteiger partial charge on any atom is -0.352 e. The van der Waals surface area contributed by atoms with Gasteiger partial charge in [0.05, 0.1) is 15.9 Å². The molecule has 0 atom stereocenters. The monoisotopic (exact) mass is 488 g/mol. The highest BCUT2D eigenvalue weighted by Crippen LogP contribution is 2.31. The van der Waals surface area contributed by atoms with Crippen molar-refractivity contribution in [2.75, 3.05) is 26.2 Å². The number of amides is 1. The second kappa shape index (κ2) is 9.97. The molecule has 2 aromatic carbocycles. The van der Waals surface area contributed by atoms with E-state index in [-0.39, 0.29) is 5.91 Å².